The Labute approximate surface area is 121 Å². The average Bonchev–Trinajstić information content (AvgIpc) is 2.62. The van der Waals surface area contributed by atoms with Crippen LogP contribution in [0.15, 0.2) is 16.7 Å². The third kappa shape index (κ3) is 4.70. The van der Waals surface area contributed by atoms with Gasteiger partial charge in [-0.15, -0.1) is 0 Å². The summed E-state index contributed by atoms with van der Waals surface area (Å²) in [6.45, 7) is 4.79. The van der Waals surface area contributed by atoms with Gasteiger partial charge in [0.15, 0.2) is 0 Å². The Bertz CT molecular complexity index is 468. The molecule has 106 valence electrons. The number of halogens is 1. The van der Waals surface area contributed by atoms with E-state index in [1.54, 1.807) is 28.8 Å². The highest BCUT2D eigenvalue weighted by molar-refractivity contribution is 9.10. The molecule has 0 unspecified atom stereocenters. The first-order chi connectivity index (χ1) is 8.81. The number of aryl methyl sites for hydroxylation is 1. The molecule has 5 nitrogen and oxygen atoms in total. The van der Waals surface area contributed by atoms with Crippen LogP contribution in [0.1, 0.15) is 30.8 Å². The van der Waals surface area contributed by atoms with Gasteiger partial charge >= 0.3 is 5.97 Å². The number of rotatable bonds is 6. The molecule has 0 saturated heterocycles. The van der Waals surface area contributed by atoms with E-state index in [0.717, 1.165) is 4.47 Å². The van der Waals surface area contributed by atoms with Crippen LogP contribution in [0.3, 0.4) is 0 Å². The monoisotopic (exact) mass is 330 g/mol. The lowest BCUT2D eigenvalue weighted by molar-refractivity contribution is -0.137. The number of hydrogen-bond acceptors (Lipinski definition) is 2. The van der Waals surface area contributed by atoms with Crippen LogP contribution >= 0.6 is 15.9 Å². The molecule has 1 heterocycles. The van der Waals surface area contributed by atoms with Crippen LogP contribution in [0.5, 0.6) is 0 Å². The van der Waals surface area contributed by atoms with Gasteiger partial charge < -0.3 is 14.6 Å². The normalized spacial score (nSPS) is 10.8. The topological polar surface area (TPSA) is 62.5 Å². The van der Waals surface area contributed by atoms with E-state index < -0.39 is 5.97 Å². The van der Waals surface area contributed by atoms with Crippen LogP contribution < -0.4 is 0 Å². The van der Waals surface area contributed by atoms with Crippen molar-refractivity contribution in [3.63, 3.8) is 0 Å². The number of carboxylic acids is 1. The van der Waals surface area contributed by atoms with Crippen molar-refractivity contribution in [1.29, 1.82) is 0 Å². The Balaban J connectivity index is 2.86. The quantitative estimate of drug-likeness (QED) is 0.870. The molecule has 0 saturated carbocycles. The minimum absolute atomic E-state index is 0.0376. The lowest BCUT2D eigenvalue weighted by Crippen LogP contribution is -2.36. The molecule has 0 fully saturated rings. The highest BCUT2D eigenvalue weighted by atomic mass is 79.9. The Morgan fingerprint density at radius 3 is 2.53 bits per heavy atom. The molecular weight excluding hydrogens is 312 g/mol. The summed E-state index contributed by atoms with van der Waals surface area (Å²) >= 11 is 3.33. The molecule has 6 heteroatoms. The van der Waals surface area contributed by atoms with E-state index in [0.29, 0.717) is 18.2 Å². The van der Waals surface area contributed by atoms with Crippen molar-refractivity contribution in [3.8, 4) is 0 Å². The summed E-state index contributed by atoms with van der Waals surface area (Å²) in [6, 6.07) is 1.75. The van der Waals surface area contributed by atoms with Crippen LogP contribution in [0, 0.1) is 5.92 Å². The predicted molar refractivity (Wildman–Crippen MR) is 76.1 cm³/mol. The molecule has 19 heavy (non-hydrogen) atoms. The zero-order valence-electron chi connectivity index (χ0n) is 11.4. The van der Waals surface area contributed by atoms with Crippen molar-refractivity contribution in [2.75, 3.05) is 13.1 Å². The van der Waals surface area contributed by atoms with Crippen LogP contribution in [-0.2, 0) is 11.8 Å². The molecule has 0 aliphatic rings. The van der Waals surface area contributed by atoms with Crippen molar-refractivity contribution in [2.45, 2.75) is 20.3 Å². The second-order valence-corrected chi connectivity index (χ2v) is 5.86. The number of aromatic nitrogens is 1. The van der Waals surface area contributed by atoms with Gasteiger partial charge in [-0.2, -0.15) is 0 Å². The molecule has 1 aromatic rings. The van der Waals surface area contributed by atoms with Crippen molar-refractivity contribution in [1.82, 2.24) is 9.47 Å². The Kier molecular flexibility index (Phi) is 5.60. The second-order valence-electron chi connectivity index (χ2n) is 4.94. The van der Waals surface area contributed by atoms with Crippen molar-refractivity contribution in [2.24, 2.45) is 13.0 Å². The standard InChI is InChI=1S/C13H19BrN2O3/c1-9(2)7-16(5-4-12(17)18)13(19)11-6-10(14)8-15(11)3/h6,8-9H,4-5,7H2,1-3H3,(H,17,18). The summed E-state index contributed by atoms with van der Waals surface area (Å²) in [5, 5.41) is 8.76. The van der Waals surface area contributed by atoms with Crippen LogP contribution in [0.4, 0.5) is 0 Å². The minimum atomic E-state index is -0.894. The van der Waals surface area contributed by atoms with E-state index in [2.05, 4.69) is 15.9 Å². The largest absolute Gasteiger partial charge is 0.481 e. The maximum Gasteiger partial charge on any atom is 0.305 e. The van der Waals surface area contributed by atoms with Crippen molar-refractivity contribution in [3.05, 3.63) is 22.4 Å². The number of aliphatic carboxylic acids is 1. The highest BCUT2D eigenvalue weighted by Crippen LogP contribution is 2.16. The number of hydrogen-bond donors (Lipinski definition) is 1. The summed E-state index contributed by atoms with van der Waals surface area (Å²) in [6.07, 6.45) is 1.77. The molecule has 1 rings (SSSR count). The van der Waals surface area contributed by atoms with Gasteiger partial charge in [-0.3, -0.25) is 9.59 Å². The molecule has 0 aliphatic carbocycles. The first-order valence-corrected chi connectivity index (χ1v) is 6.93. The average molecular weight is 331 g/mol. The molecule has 1 amide bonds. The van der Waals surface area contributed by atoms with E-state index in [4.69, 9.17) is 5.11 Å². The number of carbonyl (C=O) groups excluding carboxylic acids is 1. The zero-order valence-corrected chi connectivity index (χ0v) is 13.0. The van der Waals surface area contributed by atoms with Gasteiger partial charge in [0.1, 0.15) is 5.69 Å². The van der Waals surface area contributed by atoms with Gasteiger partial charge in [0.25, 0.3) is 5.91 Å². The van der Waals surface area contributed by atoms with Crippen LogP contribution in [-0.4, -0.2) is 39.5 Å². The fraction of sp³-hybridized carbons (Fsp3) is 0.538. The van der Waals surface area contributed by atoms with Gasteiger partial charge in [-0.1, -0.05) is 13.8 Å². The first-order valence-electron chi connectivity index (χ1n) is 6.14. The van der Waals surface area contributed by atoms with Crippen molar-refractivity contribution < 1.29 is 14.7 Å². The molecule has 1 aromatic heterocycles. The van der Waals surface area contributed by atoms with Crippen LogP contribution in [0.2, 0.25) is 0 Å². The maximum absolute atomic E-state index is 12.4. The fourth-order valence-corrected chi connectivity index (χ4v) is 2.37. The summed E-state index contributed by atoms with van der Waals surface area (Å²) in [7, 11) is 1.79. The smallest absolute Gasteiger partial charge is 0.305 e. The molecule has 1 N–H and O–H groups in total. The molecule has 0 bridgehead atoms. The molecule has 0 atom stereocenters. The number of nitrogens with zero attached hydrogens (tertiary/aromatic N) is 2. The maximum atomic E-state index is 12.4. The lowest BCUT2D eigenvalue weighted by atomic mass is 10.2. The van der Waals surface area contributed by atoms with Gasteiger partial charge in [0, 0.05) is 30.8 Å². The summed E-state index contributed by atoms with van der Waals surface area (Å²) in [5.41, 5.74) is 0.554. The third-order valence-electron chi connectivity index (χ3n) is 2.66. The Hall–Kier alpha value is -1.30. The summed E-state index contributed by atoms with van der Waals surface area (Å²) in [4.78, 5) is 24.7. The summed E-state index contributed by atoms with van der Waals surface area (Å²) < 4.78 is 2.57. The molecule has 0 aromatic carbocycles. The fourth-order valence-electron chi connectivity index (χ4n) is 1.85. The van der Waals surface area contributed by atoms with Gasteiger partial charge in [0.05, 0.1) is 6.42 Å². The predicted octanol–water partition coefficient (Wildman–Crippen LogP) is 2.36. The van der Waals surface area contributed by atoms with Gasteiger partial charge in [0.2, 0.25) is 0 Å². The lowest BCUT2D eigenvalue weighted by Gasteiger charge is -2.24. The molecule has 0 aliphatic heterocycles. The molecule has 0 radical (unpaired) electrons. The second kappa shape index (κ2) is 6.75. The number of amides is 1. The van der Waals surface area contributed by atoms with E-state index >= 15 is 0 Å². The van der Waals surface area contributed by atoms with Crippen molar-refractivity contribution >= 4 is 27.8 Å². The molecule has 0 spiro atoms. The van der Waals surface area contributed by atoms with E-state index in [9.17, 15) is 9.59 Å². The van der Waals surface area contributed by atoms with E-state index in [1.165, 1.54) is 0 Å². The van der Waals surface area contributed by atoms with E-state index in [-0.39, 0.29) is 18.9 Å². The zero-order chi connectivity index (χ0) is 14.6. The van der Waals surface area contributed by atoms with Gasteiger partial charge in [-0.25, -0.2) is 0 Å². The third-order valence-corrected chi connectivity index (χ3v) is 3.09. The molecular formula is C13H19BrN2O3. The highest BCUT2D eigenvalue weighted by Gasteiger charge is 2.20. The summed E-state index contributed by atoms with van der Waals surface area (Å²) in [5.74, 6) is -0.737. The SMILES string of the molecule is CC(C)CN(CCC(=O)O)C(=O)c1cc(Br)cn1C. The Morgan fingerprint density at radius 2 is 2.11 bits per heavy atom. The number of carboxylic acid groups (broad SMARTS) is 1. The first kappa shape index (κ1) is 15.8. The van der Waals surface area contributed by atoms with Gasteiger partial charge in [-0.05, 0) is 27.9 Å². The minimum Gasteiger partial charge on any atom is -0.481 e. The van der Waals surface area contributed by atoms with E-state index in [1.807, 2.05) is 13.8 Å². The Morgan fingerprint density at radius 1 is 1.47 bits per heavy atom. The van der Waals surface area contributed by atoms with Crippen LogP contribution in [0.25, 0.3) is 0 Å². The number of carbonyl (C=O) groups is 2.